The number of urea groups is 1. The third-order valence-corrected chi connectivity index (χ3v) is 4.36. The summed E-state index contributed by atoms with van der Waals surface area (Å²) in [7, 11) is 1.70. The van der Waals surface area contributed by atoms with Crippen molar-refractivity contribution in [2.45, 2.75) is 19.4 Å². The van der Waals surface area contributed by atoms with E-state index in [-0.39, 0.29) is 12.5 Å². The molecule has 0 saturated heterocycles. The summed E-state index contributed by atoms with van der Waals surface area (Å²) < 4.78 is 0. The van der Waals surface area contributed by atoms with Gasteiger partial charge in [0.15, 0.2) is 0 Å². The number of carbonyl (C=O) groups is 2. The highest BCUT2D eigenvalue weighted by Gasteiger charge is 2.10. The second-order valence-electron chi connectivity index (χ2n) is 6.65. The number of carbonyl (C=O) groups excluding carboxylic acids is 1. The Morgan fingerprint density at radius 2 is 1.73 bits per heavy atom. The molecule has 0 bridgehead atoms. The number of nitrogens with one attached hydrogen (secondary N) is 3. The van der Waals surface area contributed by atoms with Gasteiger partial charge in [0.1, 0.15) is 11.6 Å². The van der Waals surface area contributed by atoms with Crippen molar-refractivity contribution in [2.75, 3.05) is 17.7 Å². The molecule has 154 valence electrons. The molecule has 1 heterocycles. The third kappa shape index (κ3) is 6.03. The van der Waals surface area contributed by atoms with Gasteiger partial charge in [-0.25, -0.2) is 14.8 Å². The van der Waals surface area contributed by atoms with Crippen LogP contribution in [0.2, 0.25) is 0 Å². The zero-order valence-electron chi connectivity index (χ0n) is 16.6. The molecule has 0 aliphatic carbocycles. The SMILES string of the molecule is CNc1nc(Cc2ccc(NC(=O)NCc3ccccc3)cc2)ncc1CC(=O)O. The largest absolute Gasteiger partial charge is 0.481 e. The highest BCUT2D eigenvalue weighted by molar-refractivity contribution is 5.89. The Labute approximate surface area is 174 Å². The number of carboxylic acid groups (broad SMARTS) is 1. The molecule has 0 unspecified atom stereocenters. The van der Waals surface area contributed by atoms with Crippen LogP contribution in [0, 0.1) is 0 Å². The normalized spacial score (nSPS) is 10.3. The monoisotopic (exact) mass is 405 g/mol. The van der Waals surface area contributed by atoms with E-state index in [2.05, 4.69) is 25.9 Å². The van der Waals surface area contributed by atoms with E-state index in [0.29, 0.717) is 35.9 Å². The summed E-state index contributed by atoms with van der Waals surface area (Å²) in [5.74, 6) is 0.157. The van der Waals surface area contributed by atoms with Gasteiger partial charge in [-0.3, -0.25) is 4.79 Å². The van der Waals surface area contributed by atoms with Crippen LogP contribution in [0.3, 0.4) is 0 Å². The van der Waals surface area contributed by atoms with E-state index in [1.807, 2.05) is 54.6 Å². The number of hydrogen-bond acceptors (Lipinski definition) is 5. The van der Waals surface area contributed by atoms with Gasteiger partial charge >= 0.3 is 12.0 Å². The molecule has 0 aliphatic rings. The lowest BCUT2D eigenvalue weighted by molar-refractivity contribution is -0.136. The number of anilines is 2. The van der Waals surface area contributed by atoms with Crippen LogP contribution in [0.25, 0.3) is 0 Å². The number of amides is 2. The maximum absolute atomic E-state index is 12.0. The average molecular weight is 405 g/mol. The molecule has 4 N–H and O–H groups in total. The molecular weight excluding hydrogens is 382 g/mol. The van der Waals surface area contributed by atoms with Crippen LogP contribution in [0.5, 0.6) is 0 Å². The minimum Gasteiger partial charge on any atom is -0.481 e. The van der Waals surface area contributed by atoms with E-state index in [1.165, 1.54) is 6.20 Å². The van der Waals surface area contributed by atoms with Crippen LogP contribution in [0.1, 0.15) is 22.5 Å². The second-order valence-corrected chi connectivity index (χ2v) is 6.65. The molecule has 3 rings (SSSR count). The molecule has 8 heteroatoms. The first-order valence-corrected chi connectivity index (χ1v) is 9.45. The fourth-order valence-corrected chi connectivity index (χ4v) is 2.88. The van der Waals surface area contributed by atoms with E-state index < -0.39 is 5.97 Å². The van der Waals surface area contributed by atoms with Crippen molar-refractivity contribution in [3.05, 3.63) is 83.3 Å². The lowest BCUT2D eigenvalue weighted by atomic mass is 10.1. The Morgan fingerprint density at radius 3 is 2.40 bits per heavy atom. The van der Waals surface area contributed by atoms with Crippen LogP contribution in [-0.4, -0.2) is 34.1 Å². The summed E-state index contributed by atoms with van der Waals surface area (Å²) in [5, 5.41) is 17.5. The van der Waals surface area contributed by atoms with Crippen molar-refractivity contribution in [3.63, 3.8) is 0 Å². The topological polar surface area (TPSA) is 116 Å². The number of hydrogen-bond donors (Lipinski definition) is 4. The number of benzene rings is 2. The van der Waals surface area contributed by atoms with Crippen molar-refractivity contribution in [3.8, 4) is 0 Å². The Kier molecular flexibility index (Phi) is 6.94. The molecule has 8 nitrogen and oxygen atoms in total. The van der Waals surface area contributed by atoms with Gasteiger partial charge in [-0.15, -0.1) is 0 Å². The van der Waals surface area contributed by atoms with E-state index in [1.54, 1.807) is 7.05 Å². The van der Waals surface area contributed by atoms with Gasteiger partial charge < -0.3 is 21.1 Å². The summed E-state index contributed by atoms with van der Waals surface area (Å²) in [6, 6.07) is 16.8. The number of nitrogens with zero attached hydrogens (tertiary/aromatic N) is 2. The zero-order chi connectivity index (χ0) is 21.3. The van der Waals surface area contributed by atoms with Gasteiger partial charge in [-0.2, -0.15) is 0 Å². The summed E-state index contributed by atoms with van der Waals surface area (Å²) in [6.07, 6.45) is 1.89. The Bertz CT molecular complexity index is 1010. The zero-order valence-corrected chi connectivity index (χ0v) is 16.6. The van der Waals surface area contributed by atoms with Crippen LogP contribution in [0.15, 0.2) is 60.8 Å². The number of rotatable bonds is 8. The lowest BCUT2D eigenvalue weighted by Gasteiger charge is -2.10. The van der Waals surface area contributed by atoms with Gasteiger partial charge in [0.2, 0.25) is 0 Å². The quantitative estimate of drug-likeness (QED) is 0.458. The molecule has 3 aromatic rings. The molecule has 0 atom stereocenters. The summed E-state index contributed by atoms with van der Waals surface area (Å²) in [4.78, 5) is 31.6. The molecule has 1 aromatic heterocycles. The predicted octanol–water partition coefficient (Wildman–Crippen LogP) is 3.06. The van der Waals surface area contributed by atoms with Crippen LogP contribution < -0.4 is 16.0 Å². The Morgan fingerprint density at radius 1 is 1.00 bits per heavy atom. The smallest absolute Gasteiger partial charge is 0.319 e. The van der Waals surface area contributed by atoms with Crippen molar-refractivity contribution >= 4 is 23.5 Å². The van der Waals surface area contributed by atoms with Gasteiger partial charge in [0.25, 0.3) is 0 Å². The summed E-state index contributed by atoms with van der Waals surface area (Å²) in [6.45, 7) is 0.452. The molecule has 2 amide bonds. The Hall–Kier alpha value is -3.94. The molecule has 2 aromatic carbocycles. The van der Waals surface area contributed by atoms with Crippen molar-refractivity contribution in [1.82, 2.24) is 15.3 Å². The van der Waals surface area contributed by atoms with E-state index >= 15 is 0 Å². The molecule has 0 saturated carbocycles. The third-order valence-electron chi connectivity index (χ3n) is 4.36. The fourth-order valence-electron chi connectivity index (χ4n) is 2.88. The van der Waals surface area contributed by atoms with E-state index in [4.69, 9.17) is 5.11 Å². The van der Waals surface area contributed by atoms with Gasteiger partial charge in [0.05, 0.1) is 6.42 Å². The first-order chi connectivity index (χ1) is 14.5. The highest BCUT2D eigenvalue weighted by Crippen LogP contribution is 2.16. The summed E-state index contributed by atoms with van der Waals surface area (Å²) >= 11 is 0. The standard InChI is InChI=1S/C22H23N5O3/c1-23-21-17(12-20(28)29)14-24-19(27-21)11-15-7-9-18(10-8-15)26-22(30)25-13-16-5-3-2-4-6-16/h2-10,14H,11-13H2,1H3,(H,28,29)(H,23,24,27)(H2,25,26,30). The minimum atomic E-state index is -0.932. The number of aromatic nitrogens is 2. The first kappa shape index (κ1) is 20.8. The molecule has 30 heavy (non-hydrogen) atoms. The van der Waals surface area contributed by atoms with Crippen molar-refractivity contribution < 1.29 is 14.7 Å². The maximum Gasteiger partial charge on any atom is 0.319 e. The number of carboxylic acids is 1. The Balaban J connectivity index is 1.56. The van der Waals surface area contributed by atoms with Gasteiger partial charge in [-0.05, 0) is 23.3 Å². The van der Waals surface area contributed by atoms with Crippen molar-refractivity contribution in [1.29, 1.82) is 0 Å². The minimum absolute atomic E-state index is 0.136. The maximum atomic E-state index is 12.0. The van der Waals surface area contributed by atoms with Gasteiger partial charge in [-0.1, -0.05) is 42.5 Å². The van der Waals surface area contributed by atoms with E-state index in [9.17, 15) is 9.59 Å². The second kappa shape index (κ2) is 10.0. The lowest BCUT2D eigenvalue weighted by Crippen LogP contribution is -2.28. The van der Waals surface area contributed by atoms with Crippen molar-refractivity contribution in [2.24, 2.45) is 0 Å². The van der Waals surface area contributed by atoms with Crippen LogP contribution in [0.4, 0.5) is 16.3 Å². The first-order valence-electron chi connectivity index (χ1n) is 9.45. The highest BCUT2D eigenvalue weighted by atomic mass is 16.4. The van der Waals surface area contributed by atoms with E-state index in [0.717, 1.165) is 11.1 Å². The number of aliphatic carboxylic acids is 1. The van der Waals surface area contributed by atoms with Crippen LogP contribution >= 0.6 is 0 Å². The fraction of sp³-hybridized carbons (Fsp3) is 0.182. The van der Waals surface area contributed by atoms with Gasteiger partial charge in [0, 0.05) is 37.5 Å². The molecular formula is C22H23N5O3. The molecule has 0 aliphatic heterocycles. The molecule has 0 fully saturated rings. The predicted molar refractivity (Wildman–Crippen MR) is 114 cm³/mol. The van der Waals surface area contributed by atoms with Crippen LogP contribution in [-0.2, 0) is 24.2 Å². The molecule has 0 radical (unpaired) electrons. The summed E-state index contributed by atoms with van der Waals surface area (Å²) in [5.41, 5.74) is 3.21. The molecule has 0 spiro atoms. The average Bonchev–Trinajstić information content (AvgIpc) is 2.75.